The van der Waals surface area contributed by atoms with Crippen molar-refractivity contribution in [2.75, 3.05) is 6.54 Å². The Morgan fingerprint density at radius 1 is 1.22 bits per heavy atom. The van der Waals surface area contributed by atoms with Crippen LogP contribution in [0, 0.1) is 13.8 Å². The van der Waals surface area contributed by atoms with E-state index in [9.17, 15) is 4.79 Å². The third kappa shape index (κ3) is 4.77. The number of nitrogens with zero attached hydrogens (tertiary/aromatic N) is 4. The highest BCUT2D eigenvalue weighted by Gasteiger charge is 2.15. The standard InChI is InChI=1S/C20H24ClN5O/c1-14-19(15(2)26(24-14)18-8-6-17(21)7-9-18)11-20(27)22-10-4-5-16-12-23-25(3)13-16/h6-9,12-13H,4-5,10-11H2,1-3H3,(H,22,27). The zero-order valence-electron chi connectivity index (χ0n) is 15.9. The third-order valence-electron chi connectivity index (χ3n) is 4.57. The number of halogens is 1. The molecule has 0 radical (unpaired) electrons. The van der Waals surface area contributed by atoms with Gasteiger partial charge in [0.2, 0.25) is 5.91 Å². The molecule has 1 aromatic carbocycles. The first kappa shape index (κ1) is 19.2. The summed E-state index contributed by atoms with van der Waals surface area (Å²) in [5, 5.41) is 12.4. The second-order valence-electron chi connectivity index (χ2n) is 6.69. The minimum absolute atomic E-state index is 0.0167. The predicted molar refractivity (Wildman–Crippen MR) is 106 cm³/mol. The van der Waals surface area contributed by atoms with E-state index >= 15 is 0 Å². The third-order valence-corrected chi connectivity index (χ3v) is 4.82. The van der Waals surface area contributed by atoms with Gasteiger partial charge in [-0.05, 0) is 56.5 Å². The van der Waals surface area contributed by atoms with Crippen molar-refractivity contribution in [2.45, 2.75) is 33.1 Å². The molecule has 3 aromatic rings. The van der Waals surface area contributed by atoms with Crippen LogP contribution in [0.4, 0.5) is 0 Å². The van der Waals surface area contributed by atoms with Crippen LogP contribution in [0.1, 0.15) is 28.9 Å². The van der Waals surface area contributed by atoms with Gasteiger partial charge in [0, 0.05) is 36.1 Å². The van der Waals surface area contributed by atoms with Crippen LogP contribution in [0.15, 0.2) is 36.7 Å². The first-order chi connectivity index (χ1) is 12.9. The van der Waals surface area contributed by atoms with E-state index in [1.54, 1.807) is 4.68 Å². The topological polar surface area (TPSA) is 64.7 Å². The summed E-state index contributed by atoms with van der Waals surface area (Å²) in [7, 11) is 1.90. The van der Waals surface area contributed by atoms with Crippen molar-refractivity contribution >= 4 is 17.5 Å². The molecular formula is C20H24ClN5O. The average Bonchev–Trinajstić information content (AvgIpc) is 3.17. The number of hydrogen-bond acceptors (Lipinski definition) is 3. The number of hydrogen-bond donors (Lipinski definition) is 1. The Bertz CT molecular complexity index is 927. The molecule has 0 aliphatic heterocycles. The Balaban J connectivity index is 1.56. The molecule has 0 bridgehead atoms. The van der Waals surface area contributed by atoms with E-state index in [-0.39, 0.29) is 5.91 Å². The van der Waals surface area contributed by atoms with E-state index in [1.165, 1.54) is 5.56 Å². The molecule has 0 aliphatic rings. The van der Waals surface area contributed by atoms with Gasteiger partial charge in [-0.1, -0.05) is 11.6 Å². The molecule has 1 N–H and O–H groups in total. The van der Waals surface area contributed by atoms with E-state index in [0.717, 1.165) is 35.5 Å². The highest BCUT2D eigenvalue weighted by atomic mass is 35.5. The molecule has 0 unspecified atom stereocenters. The molecule has 2 heterocycles. The van der Waals surface area contributed by atoms with E-state index < -0.39 is 0 Å². The van der Waals surface area contributed by atoms with Crippen molar-refractivity contribution < 1.29 is 4.79 Å². The van der Waals surface area contributed by atoms with Gasteiger partial charge in [-0.25, -0.2) is 4.68 Å². The summed E-state index contributed by atoms with van der Waals surface area (Å²) < 4.78 is 3.65. The minimum Gasteiger partial charge on any atom is -0.356 e. The first-order valence-electron chi connectivity index (χ1n) is 8.99. The monoisotopic (exact) mass is 385 g/mol. The van der Waals surface area contributed by atoms with Crippen molar-refractivity contribution in [2.24, 2.45) is 7.05 Å². The van der Waals surface area contributed by atoms with Gasteiger partial charge in [0.15, 0.2) is 0 Å². The van der Waals surface area contributed by atoms with E-state index in [2.05, 4.69) is 15.5 Å². The Labute approximate surface area is 164 Å². The van der Waals surface area contributed by atoms with Crippen LogP contribution in [0.25, 0.3) is 5.69 Å². The summed E-state index contributed by atoms with van der Waals surface area (Å²) in [6.07, 6.45) is 5.98. The average molecular weight is 386 g/mol. The van der Waals surface area contributed by atoms with E-state index in [4.69, 9.17) is 11.6 Å². The SMILES string of the molecule is Cc1nn(-c2ccc(Cl)cc2)c(C)c1CC(=O)NCCCc1cnn(C)c1. The number of rotatable bonds is 7. The zero-order chi connectivity index (χ0) is 19.4. The maximum atomic E-state index is 12.3. The lowest BCUT2D eigenvalue weighted by Gasteiger charge is -2.07. The van der Waals surface area contributed by atoms with Crippen LogP contribution in [-0.4, -0.2) is 32.0 Å². The van der Waals surface area contributed by atoms with Gasteiger partial charge in [0.25, 0.3) is 0 Å². The minimum atomic E-state index is 0.0167. The number of carbonyl (C=O) groups is 1. The fourth-order valence-corrected chi connectivity index (χ4v) is 3.23. The number of amides is 1. The van der Waals surface area contributed by atoms with Crippen molar-refractivity contribution in [3.8, 4) is 5.69 Å². The van der Waals surface area contributed by atoms with Crippen LogP contribution < -0.4 is 5.32 Å². The predicted octanol–water partition coefficient (Wildman–Crippen LogP) is 3.17. The molecule has 27 heavy (non-hydrogen) atoms. The molecular weight excluding hydrogens is 362 g/mol. The van der Waals surface area contributed by atoms with Crippen molar-refractivity contribution in [1.82, 2.24) is 24.9 Å². The van der Waals surface area contributed by atoms with Crippen molar-refractivity contribution in [1.29, 1.82) is 0 Å². The smallest absolute Gasteiger partial charge is 0.224 e. The van der Waals surface area contributed by atoms with Gasteiger partial charge in [-0.2, -0.15) is 10.2 Å². The number of nitrogens with one attached hydrogen (secondary N) is 1. The molecule has 6 nitrogen and oxygen atoms in total. The van der Waals surface area contributed by atoms with Gasteiger partial charge in [0.1, 0.15) is 0 Å². The van der Waals surface area contributed by atoms with Crippen molar-refractivity contribution in [3.63, 3.8) is 0 Å². The highest BCUT2D eigenvalue weighted by molar-refractivity contribution is 6.30. The number of aromatic nitrogens is 4. The highest BCUT2D eigenvalue weighted by Crippen LogP contribution is 2.20. The van der Waals surface area contributed by atoms with Crippen LogP contribution >= 0.6 is 11.6 Å². The molecule has 0 saturated heterocycles. The van der Waals surface area contributed by atoms with Crippen LogP contribution in [0.2, 0.25) is 5.02 Å². The number of carbonyl (C=O) groups excluding carboxylic acids is 1. The summed E-state index contributed by atoms with van der Waals surface area (Å²) in [5.41, 5.74) is 4.92. The second-order valence-corrected chi connectivity index (χ2v) is 7.13. The largest absolute Gasteiger partial charge is 0.356 e. The number of aryl methyl sites for hydroxylation is 3. The fraction of sp³-hybridized carbons (Fsp3) is 0.350. The second kappa shape index (κ2) is 8.39. The van der Waals surface area contributed by atoms with Gasteiger partial charge in [-0.15, -0.1) is 0 Å². The summed E-state index contributed by atoms with van der Waals surface area (Å²) in [5.74, 6) is 0.0167. The summed E-state index contributed by atoms with van der Waals surface area (Å²) >= 11 is 5.96. The summed E-state index contributed by atoms with van der Waals surface area (Å²) in [6.45, 7) is 4.57. The Morgan fingerprint density at radius 3 is 2.63 bits per heavy atom. The van der Waals surface area contributed by atoms with Crippen LogP contribution in [-0.2, 0) is 24.7 Å². The lowest BCUT2D eigenvalue weighted by Crippen LogP contribution is -2.26. The van der Waals surface area contributed by atoms with Crippen molar-refractivity contribution in [3.05, 3.63) is 64.2 Å². The molecule has 0 aliphatic carbocycles. The molecule has 3 rings (SSSR count). The van der Waals surface area contributed by atoms with Gasteiger partial charge in [-0.3, -0.25) is 9.48 Å². The van der Waals surface area contributed by atoms with E-state index in [1.807, 2.05) is 62.2 Å². The zero-order valence-corrected chi connectivity index (χ0v) is 16.6. The Morgan fingerprint density at radius 2 is 1.96 bits per heavy atom. The quantitative estimate of drug-likeness (QED) is 0.635. The Kier molecular flexibility index (Phi) is 5.96. The van der Waals surface area contributed by atoms with Gasteiger partial charge >= 0.3 is 0 Å². The Hall–Kier alpha value is -2.60. The molecule has 7 heteroatoms. The van der Waals surface area contributed by atoms with Crippen LogP contribution in [0.5, 0.6) is 0 Å². The van der Waals surface area contributed by atoms with Gasteiger partial charge < -0.3 is 5.32 Å². The molecule has 0 fully saturated rings. The summed E-state index contributed by atoms with van der Waals surface area (Å²) in [4.78, 5) is 12.3. The molecule has 0 saturated carbocycles. The number of benzene rings is 1. The molecule has 2 aromatic heterocycles. The normalized spacial score (nSPS) is 11.0. The van der Waals surface area contributed by atoms with E-state index in [0.29, 0.717) is 18.0 Å². The lowest BCUT2D eigenvalue weighted by molar-refractivity contribution is -0.120. The first-order valence-corrected chi connectivity index (χ1v) is 9.37. The van der Waals surface area contributed by atoms with Crippen LogP contribution in [0.3, 0.4) is 0 Å². The molecule has 1 amide bonds. The maximum Gasteiger partial charge on any atom is 0.224 e. The van der Waals surface area contributed by atoms with Gasteiger partial charge in [0.05, 0.1) is 24.0 Å². The summed E-state index contributed by atoms with van der Waals surface area (Å²) in [6, 6.07) is 7.51. The lowest BCUT2D eigenvalue weighted by atomic mass is 10.1. The fourth-order valence-electron chi connectivity index (χ4n) is 3.11. The maximum absolute atomic E-state index is 12.3. The molecule has 142 valence electrons. The molecule has 0 atom stereocenters. The molecule has 0 spiro atoms.